The van der Waals surface area contributed by atoms with Crippen molar-refractivity contribution < 1.29 is 9.53 Å². The Morgan fingerprint density at radius 1 is 1.39 bits per heavy atom. The number of allylic oxidation sites excluding steroid dienone is 1. The lowest BCUT2D eigenvalue weighted by molar-refractivity contribution is -0.114. The molecule has 23 heavy (non-hydrogen) atoms. The van der Waals surface area contributed by atoms with E-state index in [1.165, 1.54) is 0 Å². The molecule has 0 spiro atoms. The molecule has 0 aliphatic heterocycles. The molecule has 122 valence electrons. The van der Waals surface area contributed by atoms with E-state index in [1.54, 1.807) is 7.11 Å². The number of rotatable bonds is 8. The third-order valence-electron chi connectivity index (χ3n) is 3.61. The molecule has 1 amide bonds. The second-order valence-electron chi connectivity index (χ2n) is 5.29. The number of hydrogen-bond donors (Lipinski definition) is 2. The van der Waals surface area contributed by atoms with Crippen molar-refractivity contribution in [3.05, 3.63) is 42.0 Å². The van der Waals surface area contributed by atoms with E-state index in [9.17, 15) is 4.79 Å². The number of carbonyl (C=O) groups is 1. The highest BCUT2D eigenvalue weighted by Crippen LogP contribution is 2.26. The molecule has 0 saturated heterocycles. The molecule has 2 aromatic rings. The summed E-state index contributed by atoms with van der Waals surface area (Å²) in [5, 5.41) is 4.38. The number of ether oxygens (including phenoxy) is 1. The minimum atomic E-state index is -0.350. The zero-order valence-corrected chi connectivity index (χ0v) is 13.6. The molecule has 0 radical (unpaired) electrons. The van der Waals surface area contributed by atoms with Crippen LogP contribution < -0.4 is 15.8 Å². The number of nitrogens with zero attached hydrogens (tertiary/aromatic N) is 1. The van der Waals surface area contributed by atoms with E-state index in [-0.39, 0.29) is 5.91 Å². The molecule has 1 heterocycles. The lowest BCUT2D eigenvalue weighted by Crippen LogP contribution is -2.16. The van der Waals surface area contributed by atoms with Crippen LogP contribution in [-0.2, 0) is 4.79 Å². The summed E-state index contributed by atoms with van der Waals surface area (Å²) in [4.78, 5) is 15.9. The van der Waals surface area contributed by atoms with Gasteiger partial charge in [0.15, 0.2) is 0 Å². The van der Waals surface area contributed by atoms with Gasteiger partial charge in [-0.2, -0.15) is 0 Å². The van der Waals surface area contributed by atoms with E-state index in [2.05, 4.69) is 17.2 Å². The molecule has 2 rings (SSSR count). The number of fused-ring (bicyclic) bond motifs is 1. The van der Waals surface area contributed by atoms with Crippen LogP contribution in [0.2, 0.25) is 0 Å². The summed E-state index contributed by atoms with van der Waals surface area (Å²) in [6.45, 7) is 2.69. The van der Waals surface area contributed by atoms with Gasteiger partial charge in [0.1, 0.15) is 0 Å². The fraction of sp³-hybridized carbons (Fsp3) is 0.333. The summed E-state index contributed by atoms with van der Waals surface area (Å²) in [6, 6.07) is 9.72. The molecule has 0 unspecified atom stereocenters. The van der Waals surface area contributed by atoms with E-state index in [0.29, 0.717) is 24.4 Å². The monoisotopic (exact) mass is 313 g/mol. The number of nitrogens with one attached hydrogen (secondary N) is 1. The maximum atomic E-state index is 11.5. The van der Waals surface area contributed by atoms with Crippen molar-refractivity contribution in [3.63, 3.8) is 0 Å². The van der Waals surface area contributed by atoms with Gasteiger partial charge in [0.25, 0.3) is 0 Å². The first-order valence-electron chi connectivity index (χ1n) is 7.82. The summed E-state index contributed by atoms with van der Waals surface area (Å²) >= 11 is 0. The lowest BCUT2D eigenvalue weighted by atomic mass is 10.1. The number of benzene rings is 1. The zero-order valence-electron chi connectivity index (χ0n) is 13.6. The molecule has 0 atom stereocenters. The number of hydrogen-bond acceptors (Lipinski definition) is 4. The molecular formula is C18H23N3O2. The summed E-state index contributed by atoms with van der Waals surface area (Å²) in [5.74, 6) is 0.209. The van der Waals surface area contributed by atoms with Gasteiger partial charge in [-0.3, -0.25) is 4.79 Å². The zero-order chi connectivity index (χ0) is 16.7. The fourth-order valence-corrected chi connectivity index (χ4v) is 2.38. The first-order valence-corrected chi connectivity index (χ1v) is 7.82. The lowest BCUT2D eigenvalue weighted by Gasteiger charge is -2.12. The average Bonchev–Trinajstić information content (AvgIpc) is 2.57. The van der Waals surface area contributed by atoms with Gasteiger partial charge < -0.3 is 15.8 Å². The van der Waals surface area contributed by atoms with Crippen LogP contribution in [0, 0.1) is 0 Å². The minimum Gasteiger partial charge on any atom is -0.481 e. The van der Waals surface area contributed by atoms with Crippen LogP contribution in [-0.4, -0.2) is 24.5 Å². The summed E-state index contributed by atoms with van der Waals surface area (Å²) < 4.78 is 5.25. The minimum absolute atomic E-state index is 0.350. The predicted molar refractivity (Wildman–Crippen MR) is 93.6 cm³/mol. The van der Waals surface area contributed by atoms with Gasteiger partial charge in [-0.15, -0.1) is 0 Å². The third kappa shape index (κ3) is 4.45. The summed E-state index contributed by atoms with van der Waals surface area (Å²) in [5.41, 5.74) is 7.90. The van der Waals surface area contributed by atoms with Gasteiger partial charge >= 0.3 is 0 Å². The Hall–Kier alpha value is -2.56. The van der Waals surface area contributed by atoms with E-state index in [0.717, 1.165) is 29.4 Å². The number of anilines is 1. The van der Waals surface area contributed by atoms with Gasteiger partial charge in [-0.25, -0.2) is 4.98 Å². The molecule has 5 nitrogen and oxygen atoms in total. The highest BCUT2D eigenvalue weighted by atomic mass is 16.5. The van der Waals surface area contributed by atoms with Crippen LogP contribution >= 0.6 is 0 Å². The van der Waals surface area contributed by atoms with Gasteiger partial charge in [0.2, 0.25) is 11.8 Å². The van der Waals surface area contributed by atoms with Crippen LogP contribution in [0.5, 0.6) is 5.88 Å². The van der Waals surface area contributed by atoms with Crippen molar-refractivity contribution in [2.24, 2.45) is 5.73 Å². The second kappa shape index (κ2) is 8.17. The van der Waals surface area contributed by atoms with E-state index in [1.807, 2.05) is 36.4 Å². The molecule has 1 aromatic carbocycles. The normalized spacial score (nSPS) is 11.5. The Bertz CT molecular complexity index is 710. The number of aromatic nitrogens is 1. The SMILES string of the molecule is CCCC=C(CCNc1cc(OC)nc2ccccc12)C(N)=O. The maximum absolute atomic E-state index is 11.5. The summed E-state index contributed by atoms with van der Waals surface area (Å²) in [7, 11) is 1.60. The average molecular weight is 313 g/mol. The molecular weight excluding hydrogens is 290 g/mol. The number of carbonyl (C=O) groups excluding carboxylic acids is 1. The van der Waals surface area contributed by atoms with Gasteiger partial charge in [-0.1, -0.05) is 37.6 Å². The summed E-state index contributed by atoms with van der Waals surface area (Å²) in [6.07, 6.45) is 4.38. The number of methoxy groups -OCH3 is 1. The Balaban J connectivity index is 2.14. The van der Waals surface area contributed by atoms with Crippen LogP contribution in [0.3, 0.4) is 0 Å². The number of nitrogens with two attached hydrogens (primary N) is 1. The Kier molecular flexibility index (Phi) is 5.97. The van der Waals surface area contributed by atoms with Crippen molar-refractivity contribution in [1.29, 1.82) is 0 Å². The second-order valence-corrected chi connectivity index (χ2v) is 5.29. The molecule has 1 aromatic heterocycles. The van der Waals surface area contributed by atoms with Crippen molar-refractivity contribution in [3.8, 4) is 5.88 Å². The maximum Gasteiger partial charge on any atom is 0.244 e. The molecule has 0 aliphatic rings. The van der Waals surface area contributed by atoms with Crippen LogP contribution in [0.25, 0.3) is 10.9 Å². The Labute approximate surface area is 136 Å². The number of para-hydroxylation sites is 1. The molecule has 5 heteroatoms. The third-order valence-corrected chi connectivity index (χ3v) is 3.61. The fourth-order valence-electron chi connectivity index (χ4n) is 2.38. The number of amides is 1. The Morgan fingerprint density at radius 3 is 2.87 bits per heavy atom. The molecule has 0 aliphatic carbocycles. The topological polar surface area (TPSA) is 77.2 Å². The number of pyridine rings is 1. The predicted octanol–water partition coefficient (Wildman–Crippen LogP) is 3.26. The van der Waals surface area contributed by atoms with Crippen LogP contribution in [0.4, 0.5) is 5.69 Å². The van der Waals surface area contributed by atoms with Gasteiger partial charge in [0.05, 0.1) is 12.6 Å². The highest BCUT2D eigenvalue weighted by Gasteiger charge is 2.07. The van der Waals surface area contributed by atoms with E-state index >= 15 is 0 Å². The smallest absolute Gasteiger partial charge is 0.244 e. The quantitative estimate of drug-likeness (QED) is 0.733. The standard InChI is InChI=1S/C18H23N3O2/c1-3-4-7-13(18(19)22)10-11-20-16-12-17(23-2)21-15-9-6-5-8-14(15)16/h5-9,12H,3-4,10-11H2,1-2H3,(H2,19,22)(H,20,21). The van der Waals surface area contributed by atoms with Gasteiger partial charge in [0, 0.05) is 29.3 Å². The van der Waals surface area contributed by atoms with Crippen LogP contribution in [0.1, 0.15) is 26.2 Å². The van der Waals surface area contributed by atoms with Crippen molar-refractivity contribution in [2.75, 3.05) is 19.0 Å². The number of unbranched alkanes of at least 4 members (excludes halogenated alkanes) is 1. The molecule has 0 saturated carbocycles. The number of primary amides is 1. The van der Waals surface area contributed by atoms with Crippen molar-refractivity contribution in [1.82, 2.24) is 4.98 Å². The van der Waals surface area contributed by atoms with Crippen molar-refractivity contribution in [2.45, 2.75) is 26.2 Å². The highest BCUT2D eigenvalue weighted by molar-refractivity contribution is 5.93. The molecule has 0 fully saturated rings. The first-order chi connectivity index (χ1) is 11.2. The first kappa shape index (κ1) is 16.8. The van der Waals surface area contributed by atoms with E-state index in [4.69, 9.17) is 10.5 Å². The van der Waals surface area contributed by atoms with Crippen molar-refractivity contribution >= 4 is 22.5 Å². The Morgan fingerprint density at radius 2 is 2.17 bits per heavy atom. The molecule has 3 N–H and O–H groups in total. The molecule has 0 bridgehead atoms. The van der Waals surface area contributed by atoms with E-state index < -0.39 is 0 Å². The largest absolute Gasteiger partial charge is 0.481 e. The van der Waals surface area contributed by atoms with Crippen LogP contribution in [0.15, 0.2) is 42.0 Å². The van der Waals surface area contributed by atoms with Gasteiger partial charge in [-0.05, 0) is 18.9 Å².